The molecule has 0 radical (unpaired) electrons. The number of anilines is 1. The van der Waals surface area contributed by atoms with Crippen LogP contribution in [-0.2, 0) is 25.6 Å². The van der Waals surface area contributed by atoms with Crippen LogP contribution >= 0.6 is 11.6 Å². The maximum Gasteiger partial charge on any atom is 0.417 e. The number of halogens is 4. The number of aryl methyl sites for hydroxylation is 1. The lowest BCUT2D eigenvalue weighted by Crippen LogP contribution is -2.35. The zero-order valence-corrected chi connectivity index (χ0v) is 18.2. The lowest BCUT2D eigenvalue weighted by atomic mass is 10.2. The van der Waals surface area contributed by atoms with E-state index >= 15 is 0 Å². The van der Waals surface area contributed by atoms with Crippen molar-refractivity contribution in [2.24, 2.45) is 0 Å². The number of hydrogen-bond acceptors (Lipinski definition) is 4. The number of likely N-dealkylation sites (N-methyl/N-ethyl adjacent to an activating group) is 1. The third kappa shape index (κ3) is 6.96. The third-order valence-electron chi connectivity index (χ3n) is 4.33. The first-order valence-corrected chi connectivity index (χ1v) is 11.0. The van der Waals surface area contributed by atoms with Crippen molar-refractivity contribution < 1.29 is 31.2 Å². The summed E-state index contributed by atoms with van der Waals surface area (Å²) < 4.78 is 63.4. The van der Waals surface area contributed by atoms with E-state index in [1.54, 1.807) is 12.1 Å². The zero-order chi connectivity index (χ0) is 23.4. The van der Waals surface area contributed by atoms with Crippen LogP contribution in [0, 0.1) is 6.92 Å². The Morgan fingerprint density at radius 1 is 1.10 bits per heavy atom. The van der Waals surface area contributed by atoms with Crippen LogP contribution < -0.4 is 5.32 Å². The fourth-order valence-corrected chi connectivity index (χ4v) is 4.05. The third-order valence-corrected chi connectivity index (χ3v) is 6.39. The molecule has 0 aliphatic rings. The Morgan fingerprint density at radius 2 is 1.71 bits per heavy atom. The van der Waals surface area contributed by atoms with Gasteiger partial charge in [-0.05, 0) is 37.3 Å². The molecule has 11 heteroatoms. The molecule has 31 heavy (non-hydrogen) atoms. The summed E-state index contributed by atoms with van der Waals surface area (Å²) in [6.07, 6.45) is -5.04. The summed E-state index contributed by atoms with van der Waals surface area (Å²) in [5, 5.41) is 1.75. The van der Waals surface area contributed by atoms with Crippen LogP contribution in [0.3, 0.4) is 0 Å². The molecule has 0 aliphatic carbocycles. The number of nitrogens with zero attached hydrogens (tertiary/aromatic N) is 1. The van der Waals surface area contributed by atoms with Gasteiger partial charge in [-0.25, -0.2) is 8.42 Å². The number of carbonyl (C=O) groups is 2. The van der Waals surface area contributed by atoms with Crippen molar-refractivity contribution in [1.29, 1.82) is 0 Å². The van der Waals surface area contributed by atoms with Crippen LogP contribution in [0.25, 0.3) is 0 Å². The molecule has 168 valence electrons. The minimum absolute atomic E-state index is 0.0921. The SMILES string of the molecule is Cc1ccc(S(=O)(=O)CCC(=O)N(C)CC(=O)Nc2ccc(Cl)c(C(F)(F)F)c2)cc1. The Balaban J connectivity index is 1.94. The predicted molar refractivity (Wildman–Crippen MR) is 111 cm³/mol. The van der Waals surface area contributed by atoms with E-state index in [2.05, 4.69) is 5.32 Å². The van der Waals surface area contributed by atoms with Gasteiger partial charge in [-0.15, -0.1) is 0 Å². The molecule has 0 saturated heterocycles. The topological polar surface area (TPSA) is 83.6 Å². The average Bonchev–Trinajstić information content (AvgIpc) is 2.67. The maximum atomic E-state index is 12.9. The fraction of sp³-hybridized carbons (Fsp3) is 0.300. The highest BCUT2D eigenvalue weighted by Crippen LogP contribution is 2.36. The Morgan fingerprint density at radius 3 is 2.29 bits per heavy atom. The largest absolute Gasteiger partial charge is 0.417 e. The molecule has 2 aromatic carbocycles. The normalized spacial score (nSPS) is 11.8. The zero-order valence-electron chi connectivity index (χ0n) is 16.7. The van der Waals surface area contributed by atoms with Gasteiger partial charge in [0.05, 0.1) is 27.8 Å². The van der Waals surface area contributed by atoms with E-state index in [1.165, 1.54) is 25.2 Å². The molecule has 2 amide bonds. The summed E-state index contributed by atoms with van der Waals surface area (Å²) in [5.74, 6) is -1.78. The lowest BCUT2D eigenvalue weighted by molar-refractivity contribution is -0.137. The van der Waals surface area contributed by atoms with Crippen LogP contribution in [0.1, 0.15) is 17.5 Å². The van der Waals surface area contributed by atoms with Crippen molar-refractivity contribution in [1.82, 2.24) is 4.90 Å². The Bertz CT molecular complexity index is 1070. The van der Waals surface area contributed by atoms with Crippen LogP contribution in [-0.4, -0.2) is 44.5 Å². The molecule has 0 atom stereocenters. The molecule has 0 unspecified atom stereocenters. The van der Waals surface area contributed by atoms with Crippen LogP contribution in [0.2, 0.25) is 5.02 Å². The highest BCUT2D eigenvalue weighted by molar-refractivity contribution is 7.91. The summed E-state index contributed by atoms with van der Waals surface area (Å²) in [7, 11) is -2.38. The Labute approximate surface area is 182 Å². The van der Waals surface area contributed by atoms with Gasteiger partial charge in [0.1, 0.15) is 0 Å². The first-order valence-electron chi connectivity index (χ1n) is 8.99. The van der Waals surface area contributed by atoms with Gasteiger partial charge in [-0.1, -0.05) is 29.3 Å². The summed E-state index contributed by atoms with van der Waals surface area (Å²) in [6.45, 7) is 1.35. The van der Waals surface area contributed by atoms with Gasteiger partial charge in [0.25, 0.3) is 0 Å². The second-order valence-electron chi connectivity index (χ2n) is 6.87. The number of alkyl halides is 3. The molecule has 0 aliphatic heterocycles. The second kappa shape index (κ2) is 9.69. The van der Waals surface area contributed by atoms with Crippen LogP contribution in [0.4, 0.5) is 18.9 Å². The molecule has 0 spiro atoms. The predicted octanol–water partition coefficient (Wildman–Crippen LogP) is 3.93. The van der Waals surface area contributed by atoms with E-state index in [0.717, 1.165) is 16.5 Å². The second-order valence-corrected chi connectivity index (χ2v) is 9.39. The monoisotopic (exact) mass is 476 g/mol. The van der Waals surface area contributed by atoms with E-state index < -0.39 is 50.7 Å². The van der Waals surface area contributed by atoms with Crippen molar-refractivity contribution in [2.75, 3.05) is 24.7 Å². The minimum Gasteiger partial charge on any atom is -0.336 e. The van der Waals surface area contributed by atoms with E-state index in [-0.39, 0.29) is 17.0 Å². The Hall–Kier alpha value is -2.59. The quantitative estimate of drug-likeness (QED) is 0.656. The molecule has 0 saturated carbocycles. The summed E-state index contributed by atoms with van der Waals surface area (Å²) in [4.78, 5) is 25.4. The molecule has 2 rings (SSSR count). The van der Waals surface area contributed by atoms with Crippen molar-refractivity contribution in [3.63, 3.8) is 0 Å². The lowest BCUT2D eigenvalue weighted by Gasteiger charge is -2.17. The first-order chi connectivity index (χ1) is 14.3. The molecular formula is C20H20ClF3N2O4S. The van der Waals surface area contributed by atoms with Gasteiger partial charge in [-0.3, -0.25) is 9.59 Å². The fourth-order valence-electron chi connectivity index (χ4n) is 2.60. The number of hydrogen-bond donors (Lipinski definition) is 1. The average molecular weight is 477 g/mol. The van der Waals surface area contributed by atoms with Gasteiger partial charge in [0.15, 0.2) is 9.84 Å². The van der Waals surface area contributed by atoms with Crippen molar-refractivity contribution in [3.05, 3.63) is 58.6 Å². The molecule has 1 N–H and O–H groups in total. The smallest absolute Gasteiger partial charge is 0.336 e. The van der Waals surface area contributed by atoms with Gasteiger partial charge in [-0.2, -0.15) is 13.2 Å². The molecule has 0 aromatic heterocycles. The number of nitrogens with one attached hydrogen (secondary N) is 1. The molecular weight excluding hydrogens is 457 g/mol. The highest BCUT2D eigenvalue weighted by atomic mass is 35.5. The Kier molecular flexibility index (Phi) is 7.72. The molecule has 0 fully saturated rings. The van der Waals surface area contributed by atoms with Crippen molar-refractivity contribution >= 4 is 38.9 Å². The van der Waals surface area contributed by atoms with E-state index in [1.807, 2.05) is 6.92 Å². The van der Waals surface area contributed by atoms with E-state index in [0.29, 0.717) is 6.07 Å². The molecule has 6 nitrogen and oxygen atoms in total. The highest BCUT2D eigenvalue weighted by Gasteiger charge is 2.33. The van der Waals surface area contributed by atoms with Gasteiger partial charge < -0.3 is 10.2 Å². The minimum atomic E-state index is -4.69. The first kappa shape index (κ1) is 24.7. The molecule has 0 heterocycles. The standard InChI is InChI=1S/C20H20ClF3N2O4S/c1-13-3-6-15(7-4-13)31(29,30)10-9-19(28)26(2)12-18(27)25-14-5-8-17(21)16(11-14)20(22,23)24/h3-8,11H,9-10,12H2,1-2H3,(H,25,27). The summed E-state index contributed by atoms with van der Waals surface area (Å²) in [6, 6.07) is 9.09. The number of amides is 2. The molecule has 0 bridgehead atoms. The number of sulfone groups is 1. The number of benzene rings is 2. The van der Waals surface area contributed by atoms with Crippen LogP contribution in [0.15, 0.2) is 47.4 Å². The van der Waals surface area contributed by atoms with Gasteiger partial charge in [0, 0.05) is 19.2 Å². The van der Waals surface area contributed by atoms with E-state index in [4.69, 9.17) is 11.6 Å². The van der Waals surface area contributed by atoms with Crippen LogP contribution in [0.5, 0.6) is 0 Å². The van der Waals surface area contributed by atoms with Gasteiger partial charge >= 0.3 is 6.18 Å². The van der Waals surface area contributed by atoms with E-state index in [9.17, 15) is 31.2 Å². The maximum absolute atomic E-state index is 12.9. The number of rotatable bonds is 7. The molecule has 2 aromatic rings. The van der Waals surface area contributed by atoms with Crippen molar-refractivity contribution in [2.45, 2.75) is 24.4 Å². The summed E-state index contributed by atoms with van der Waals surface area (Å²) in [5.41, 5.74) is -0.342. The van der Waals surface area contributed by atoms with Gasteiger partial charge in [0.2, 0.25) is 11.8 Å². The summed E-state index contributed by atoms with van der Waals surface area (Å²) >= 11 is 5.53. The number of carbonyl (C=O) groups excluding carboxylic acids is 2. The van der Waals surface area contributed by atoms with Crippen molar-refractivity contribution in [3.8, 4) is 0 Å².